The number of nitrogens with zero attached hydrogens (tertiary/aromatic N) is 2. The van der Waals surface area contributed by atoms with Crippen LogP contribution >= 0.6 is 0 Å². The van der Waals surface area contributed by atoms with Crippen LogP contribution in [0.1, 0.15) is 27.6 Å². The molecule has 3 atom stereocenters. The number of fused-ring (bicyclic) bond motifs is 1. The topological polar surface area (TPSA) is 172 Å². The summed E-state index contributed by atoms with van der Waals surface area (Å²) in [6.45, 7) is 2.54. The van der Waals surface area contributed by atoms with E-state index in [1.807, 2.05) is 6.07 Å². The molecule has 1 aliphatic heterocycles. The standard InChI is InChI=1S/C27H29N5O7/c1-15-14-31(25(36)16-7-4-3-5-8-16)11-12-32(15)26(37)22(33)18-13-29-20-17(18)9-6-10-19(20)30-24(35)23(34)21(28-2)27(38)39/h3-10,13,15,21,23,28-29,34H,11-12,14H2,1-2H3,(H,30,35)(H,38,39). The number of hydrogen-bond acceptors (Lipinski definition) is 7. The van der Waals surface area contributed by atoms with Gasteiger partial charge in [-0.2, -0.15) is 0 Å². The molecule has 2 heterocycles. The Kier molecular flexibility index (Phi) is 8.07. The predicted molar refractivity (Wildman–Crippen MR) is 141 cm³/mol. The van der Waals surface area contributed by atoms with Gasteiger partial charge >= 0.3 is 5.97 Å². The van der Waals surface area contributed by atoms with Crippen LogP contribution in [0.15, 0.2) is 54.7 Å². The second-order valence-electron chi connectivity index (χ2n) is 9.26. The zero-order valence-electron chi connectivity index (χ0n) is 21.4. The number of anilines is 1. The normalized spacial score (nSPS) is 16.9. The number of nitrogens with one attached hydrogen (secondary N) is 3. The lowest BCUT2D eigenvalue weighted by Crippen LogP contribution is -2.56. The maximum Gasteiger partial charge on any atom is 0.323 e. The van der Waals surface area contributed by atoms with Crippen molar-refractivity contribution >= 4 is 46.1 Å². The number of hydrogen-bond donors (Lipinski definition) is 5. The number of aliphatic hydroxyl groups is 1. The van der Waals surface area contributed by atoms with Crippen LogP contribution in [0.4, 0.5) is 5.69 Å². The highest BCUT2D eigenvalue weighted by Crippen LogP contribution is 2.27. The van der Waals surface area contributed by atoms with Crippen molar-refractivity contribution in [2.24, 2.45) is 0 Å². The second kappa shape index (κ2) is 11.5. The molecule has 12 nitrogen and oxygen atoms in total. The fourth-order valence-corrected chi connectivity index (χ4v) is 4.67. The van der Waals surface area contributed by atoms with E-state index in [1.165, 1.54) is 24.2 Å². The Morgan fingerprint density at radius 1 is 1.03 bits per heavy atom. The van der Waals surface area contributed by atoms with Gasteiger partial charge in [-0.25, -0.2) is 0 Å². The Balaban J connectivity index is 1.48. The molecule has 0 spiro atoms. The lowest BCUT2D eigenvalue weighted by atomic mass is 10.1. The first kappa shape index (κ1) is 27.5. The van der Waals surface area contributed by atoms with Crippen LogP contribution in [0.3, 0.4) is 0 Å². The minimum absolute atomic E-state index is 0.0975. The fraction of sp³-hybridized carbons (Fsp3) is 0.296. The Morgan fingerprint density at radius 3 is 2.38 bits per heavy atom. The van der Waals surface area contributed by atoms with Gasteiger partial charge in [-0.15, -0.1) is 0 Å². The lowest BCUT2D eigenvalue weighted by molar-refractivity contribution is -0.145. The number of ketones is 1. The van der Waals surface area contributed by atoms with E-state index in [1.54, 1.807) is 48.2 Å². The van der Waals surface area contributed by atoms with E-state index in [-0.39, 0.29) is 36.8 Å². The summed E-state index contributed by atoms with van der Waals surface area (Å²) in [5.74, 6) is -3.95. The first-order valence-corrected chi connectivity index (χ1v) is 12.3. The summed E-state index contributed by atoms with van der Waals surface area (Å²) >= 11 is 0. The first-order chi connectivity index (χ1) is 18.6. The molecule has 2 aromatic carbocycles. The summed E-state index contributed by atoms with van der Waals surface area (Å²) in [5.41, 5.74) is 1.18. The van der Waals surface area contributed by atoms with Crippen molar-refractivity contribution < 1.29 is 34.2 Å². The van der Waals surface area contributed by atoms with Crippen molar-refractivity contribution in [3.63, 3.8) is 0 Å². The minimum Gasteiger partial charge on any atom is -0.480 e. The minimum atomic E-state index is -1.88. The number of para-hydroxylation sites is 1. The van der Waals surface area contributed by atoms with Crippen molar-refractivity contribution in [2.75, 3.05) is 32.0 Å². The molecule has 0 saturated carbocycles. The number of aliphatic hydroxyl groups excluding tert-OH is 1. The Hall–Kier alpha value is -4.55. The number of aromatic amines is 1. The van der Waals surface area contributed by atoms with Gasteiger partial charge in [-0.05, 0) is 32.2 Å². The highest BCUT2D eigenvalue weighted by atomic mass is 16.4. The number of carbonyl (C=O) groups is 5. The Morgan fingerprint density at radius 2 is 1.74 bits per heavy atom. The molecule has 204 valence electrons. The Bertz CT molecular complexity index is 1420. The predicted octanol–water partition coefficient (Wildman–Crippen LogP) is 0.696. The summed E-state index contributed by atoms with van der Waals surface area (Å²) in [5, 5.41) is 24.5. The van der Waals surface area contributed by atoms with E-state index in [0.29, 0.717) is 16.5 Å². The summed E-state index contributed by atoms with van der Waals surface area (Å²) in [6, 6.07) is 11.6. The summed E-state index contributed by atoms with van der Waals surface area (Å²) in [6.07, 6.45) is -0.515. The maximum absolute atomic E-state index is 13.3. The molecule has 39 heavy (non-hydrogen) atoms. The van der Waals surface area contributed by atoms with Crippen molar-refractivity contribution in [1.29, 1.82) is 0 Å². The first-order valence-electron chi connectivity index (χ1n) is 12.3. The molecule has 1 aromatic heterocycles. The number of piperazine rings is 1. The van der Waals surface area contributed by atoms with E-state index in [4.69, 9.17) is 5.11 Å². The molecule has 5 N–H and O–H groups in total. The largest absolute Gasteiger partial charge is 0.480 e. The summed E-state index contributed by atoms with van der Waals surface area (Å²) in [4.78, 5) is 69.0. The average molecular weight is 536 g/mol. The molecule has 3 amide bonds. The van der Waals surface area contributed by atoms with Crippen molar-refractivity contribution in [1.82, 2.24) is 20.1 Å². The number of carbonyl (C=O) groups excluding carboxylic acids is 4. The molecule has 0 radical (unpaired) electrons. The molecule has 0 bridgehead atoms. The SMILES string of the molecule is CNC(C(=O)O)C(O)C(=O)Nc1cccc2c(C(=O)C(=O)N3CCN(C(=O)c4ccccc4)CC3C)c[nH]c12. The molecule has 3 unspecified atom stereocenters. The van der Waals surface area contributed by atoms with Gasteiger partial charge in [0, 0.05) is 42.8 Å². The number of carboxylic acids is 1. The maximum atomic E-state index is 13.3. The van der Waals surface area contributed by atoms with Gasteiger partial charge in [0.15, 0.2) is 6.10 Å². The van der Waals surface area contributed by atoms with Crippen LogP contribution < -0.4 is 10.6 Å². The van der Waals surface area contributed by atoms with Crippen LogP contribution in [0.5, 0.6) is 0 Å². The van der Waals surface area contributed by atoms with Crippen LogP contribution in [0.25, 0.3) is 10.9 Å². The van der Waals surface area contributed by atoms with Gasteiger partial charge in [0.25, 0.3) is 23.5 Å². The van der Waals surface area contributed by atoms with Crippen LogP contribution in [0.2, 0.25) is 0 Å². The smallest absolute Gasteiger partial charge is 0.323 e. The molecule has 1 fully saturated rings. The van der Waals surface area contributed by atoms with E-state index >= 15 is 0 Å². The zero-order chi connectivity index (χ0) is 28.3. The number of Topliss-reactive ketones (excluding diaryl/α,β-unsaturated/α-hetero) is 1. The van der Waals surface area contributed by atoms with Crippen molar-refractivity contribution in [2.45, 2.75) is 25.1 Å². The van der Waals surface area contributed by atoms with Gasteiger partial charge in [0.05, 0.1) is 16.8 Å². The molecular weight excluding hydrogens is 506 g/mol. The third-order valence-corrected chi connectivity index (χ3v) is 6.77. The molecule has 0 aliphatic carbocycles. The molecule has 12 heteroatoms. The number of carboxylic acid groups (broad SMARTS) is 1. The molecule has 3 aromatic rings. The number of aromatic nitrogens is 1. The highest BCUT2D eigenvalue weighted by molar-refractivity contribution is 6.45. The van der Waals surface area contributed by atoms with Gasteiger partial charge in [0.1, 0.15) is 6.04 Å². The average Bonchev–Trinajstić information content (AvgIpc) is 3.37. The third-order valence-electron chi connectivity index (χ3n) is 6.77. The van der Waals surface area contributed by atoms with Gasteiger partial charge in [0.2, 0.25) is 0 Å². The van der Waals surface area contributed by atoms with Crippen LogP contribution in [0, 0.1) is 0 Å². The zero-order valence-corrected chi connectivity index (χ0v) is 21.4. The molecule has 1 aliphatic rings. The number of likely N-dealkylation sites (N-methyl/N-ethyl adjacent to an activating group) is 1. The van der Waals surface area contributed by atoms with E-state index < -0.39 is 41.8 Å². The second-order valence-corrected chi connectivity index (χ2v) is 9.26. The summed E-state index contributed by atoms with van der Waals surface area (Å²) < 4.78 is 0. The highest BCUT2D eigenvalue weighted by Gasteiger charge is 2.35. The van der Waals surface area contributed by atoms with Crippen molar-refractivity contribution in [3.8, 4) is 0 Å². The number of benzene rings is 2. The molecule has 4 rings (SSSR count). The third kappa shape index (κ3) is 5.52. The quantitative estimate of drug-likeness (QED) is 0.207. The van der Waals surface area contributed by atoms with Crippen LogP contribution in [-0.2, 0) is 14.4 Å². The van der Waals surface area contributed by atoms with E-state index in [9.17, 15) is 29.1 Å². The van der Waals surface area contributed by atoms with Gasteiger partial charge in [-0.1, -0.05) is 30.3 Å². The van der Waals surface area contributed by atoms with Gasteiger partial charge < -0.3 is 35.6 Å². The molecule has 1 saturated heterocycles. The number of H-pyrrole nitrogens is 1. The lowest BCUT2D eigenvalue weighted by Gasteiger charge is -2.39. The van der Waals surface area contributed by atoms with Crippen LogP contribution in [-0.4, -0.2) is 99.3 Å². The Labute approximate surface area is 223 Å². The number of rotatable bonds is 8. The number of aliphatic carboxylic acids is 1. The van der Waals surface area contributed by atoms with Crippen molar-refractivity contribution in [3.05, 3.63) is 65.9 Å². The monoisotopic (exact) mass is 535 g/mol. The molecular formula is C27H29N5O7. The van der Waals surface area contributed by atoms with E-state index in [2.05, 4.69) is 15.6 Å². The fourth-order valence-electron chi connectivity index (χ4n) is 4.67. The van der Waals surface area contributed by atoms with E-state index in [0.717, 1.165) is 0 Å². The van der Waals surface area contributed by atoms with Gasteiger partial charge in [-0.3, -0.25) is 24.0 Å². The summed E-state index contributed by atoms with van der Waals surface area (Å²) in [7, 11) is 1.30. The number of amides is 3.